The van der Waals surface area contributed by atoms with Crippen molar-refractivity contribution in [3.8, 4) is 17.0 Å². The molecule has 2 aliphatic rings. The number of carbonyl (C=O) groups excluding carboxylic acids is 2. The number of fused-ring (bicyclic) bond motifs is 1. The van der Waals surface area contributed by atoms with Gasteiger partial charge in [0, 0.05) is 38.0 Å². The lowest BCUT2D eigenvalue weighted by atomic mass is 9.91. The molecule has 2 fully saturated rings. The molecule has 0 aliphatic heterocycles. The Hall–Kier alpha value is -3.44. The summed E-state index contributed by atoms with van der Waals surface area (Å²) < 4.78 is 20.2. The van der Waals surface area contributed by atoms with Gasteiger partial charge in [-0.1, -0.05) is 39.6 Å². The normalized spacial score (nSPS) is 18.5. The van der Waals surface area contributed by atoms with Crippen molar-refractivity contribution in [3.05, 3.63) is 41.3 Å². The maximum atomic E-state index is 14.1. The molecule has 2 aliphatic carbocycles. The van der Waals surface area contributed by atoms with Crippen LogP contribution in [-0.2, 0) is 16.2 Å². The highest BCUT2D eigenvalue weighted by Gasteiger charge is 2.30. The fraction of sp³-hybridized carbons (Fsp3) is 0.632. The van der Waals surface area contributed by atoms with Gasteiger partial charge in [0.2, 0.25) is 0 Å². The van der Waals surface area contributed by atoms with E-state index in [9.17, 15) is 9.59 Å². The maximum absolute atomic E-state index is 14.1. The second-order valence-corrected chi connectivity index (χ2v) is 22.1. The quantitative estimate of drug-likeness (QED) is 0.137. The van der Waals surface area contributed by atoms with Crippen molar-refractivity contribution in [3.63, 3.8) is 0 Å². The Labute approximate surface area is 293 Å². The average Bonchev–Trinajstić information content (AvgIpc) is 3.79. The van der Waals surface area contributed by atoms with Crippen LogP contribution in [0.25, 0.3) is 22.3 Å². The Kier molecular flexibility index (Phi) is 11.4. The number of hydrogen-bond donors (Lipinski definition) is 2. The number of ether oxygens (including phenoxy) is 3. The van der Waals surface area contributed by atoms with Crippen molar-refractivity contribution < 1.29 is 23.8 Å². The highest BCUT2D eigenvalue weighted by atomic mass is 28.3. The third-order valence-electron chi connectivity index (χ3n) is 9.42. The van der Waals surface area contributed by atoms with Crippen molar-refractivity contribution in [1.82, 2.24) is 25.2 Å². The number of aromatic nitrogens is 3. The van der Waals surface area contributed by atoms with E-state index < -0.39 is 19.8 Å². The highest BCUT2D eigenvalue weighted by molar-refractivity contribution is 6.76. The molecule has 268 valence electrons. The van der Waals surface area contributed by atoms with Gasteiger partial charge >= 0.3 is 6.09 Å². The first-order valence-corrected chi connectivity index (χ1v) is 21.8. The standard InChI is InChI=1S/C38H57N5O5Si/c1-24(2)27-12-17-31(47-21-26-10-11-26)30(20-27)33-35-34(40-22-39-33)32(25(3)43(35)23-46-18-19-49(7,8)9)36(44)41-28-13-15-29(16-14-28)42-37(45)48-38(4,5)6/h12,17,20,22,24,26,28-29H,10-11,13-16,18-19,21,23H2,1-9H3,(H,41,44)(H,42,45). The molecule has 0 radical (unpaired) electrons. The number of alkyl carbamates (subject to hydrolysis) is 1. The molecule has 5 rings (SSSR count). The van der Waals surface area contributed by atoms with Crippen LogP contribution in [0.3, 0.4) is 0 Å². The van der Waals surface area contributed by atoms with E-state index in [1.54, 1.807) is 6.33 Å². The summed E-state index contributed by atoms with van der Waals surface area (Å²) in [5.74, 6) is 1.57. The smallest absolute Gasteiger partial charge is 0.407 e. The van der Waals surface area contributed by atoms with Gasteiger partial charge in [0.05, 0.1) is 17.7 Å². The van der Waals surface area contributed by atoms with E-state index in [0.717, 1.165) is 59.9 Å². The van der Waals surface area contributed by atoms with Gasteiger partial charge in [0.1, 0.15) is 35.6 Å². The van der Waals surface area contributed by atoms with Crippen LogP contribution in [0.2, 0.25) is 25.7 Å². The predicted octanol–water partition coefficient (Wildman–Crippen LogP) is 8.20. The van der Waals surface area contributed by atoms with Gasteiger partial charge in [0.15, 0.2) is 0 Å². The molecule has 2 aromatic heterocycles. The number of rotatable bonds is 13. The maximum Gasteiger partial charge on any atom is 0.407 e. The number of nitrogens with one attached hydrogen (secondary N) is 2. The molecular weight excluding hydrogens is 635 g/mol. The summed E-state index contributed by atoms with van der Waals surface area (Å²) in [6.45, 7) is 20.6. The Balaban J connectivity index is 1.45. The molecule has 0 unspecified atom stereocenters. The van der Waals surface area contributed by atoms with Gasteiger partial charge < -0.3 is 29.4 Å². The lowest BCUT2D eigenvalue weighted by Gasteiger charge is -2.30. The summed E-state index contributed by atoms with van der Waals surface area (Å²) in [6, 6.07) is 7.43. The van der Waals surface area contributed by atoms with Gasteiger partial charge in [-0.15, -0.1) is 0 Å². The van der Waals surface area contributed by atoms with E-state index >= 15 is 0 Å². The fourth-order valence-electron chi connectivity index (χ4n) is 6.28. The van der Waals surface area contributed by atoms with Gasteiger partial charge in [-0.2, -0.15) is 0 Å². The fourth-order valence-corrected chi connectivity index (χ4v) is 7.04. The van der Waals surface area contributed by atoms with E-state index in [1.807, 2.05) is 27.7 Å². The number of carbonyl (C=O) groups is 2. The largest absolute Gasteiger partial charge is 0.493 e. The van der Waals surface area contributed by atoms with Crippen molar-refractivity contribution in [2.75, 3.05) is 13.2 Å². The summed E-state index contributed by atoms with van der Waals surface area (Å²) in [5.41, 5.74) is 5.02. The zero-order chi connectivity index (χ0) is 35.5. The molecule has 0 saturated heterocycles. The molecule has 0 bridgehead atoms. The van der Waals surface area contributed by atoms with Crippen LogP contribution in [-0.4, -0.2) is 65.5 Å². The molecule has 3 aromatic rings. The van der Waals surface area contributed by atoms with Crippen molar-refractivity contribution in [2.45, 2.75) is 136 Å². The summed E-state index contributed by atoms with van der Waals surface area (Å²) in [6.07, 6.45) is 6.61. The van der Waals surface area contributed by atoms with Crippen LogP contribution in [0.1, 0.15) is 101 Å². The minimum atomic E-state index is -1.30. The van der Waals surface area contributed by atoms with Gasteiger partial charge in [0.25, 0.3) is 5.91 Å². The van der Waals surface area contributed by atoms with Crippen LogP contribution in [0.15, 0.2) is 24.5 Å². The monoisotopic (exact) mass is 691 g/mol. The SMILES string of the molecule is Cc1c(C(=O)NC2CCC(NC(=O)OC(C)(C)C)CC2)c2ncnc(-c3cc(C(C)C)ccc3OCC3CC3)c2n1COCC[Si](C)(C)C. The third-order valence-corrected chi connectivity index (χ3v) is 11.1. The third kappa shape index (κ3) is 9.84. The predicted molar refractivity (Wildman–Crippen MR) is 197 cm³/mol. The molecule has 2 saturated carbocycles. The van der Waals surface area contributed by atoms with Crippen molar-refractivity contribution in [2.24, 2.45) is 5.92 Å². The van der Waals surface area contributed by atoms with E-state index in [1.165, 1.54) is 18.4 Å². The van der Waals surface area contributed by atoms with Gasteiger partial charge in [-0.25, -0.2) is 14.8 Å². The summed E-state index contributed by atoms with van der Waals surface area (Å²) in [4.78, 5) is 36.1. The molecule has 11 heteroatoms. The lowest BCUT2D eigenvalue weighted by molar-refractivity contribution is 0.0487. The van der Waals surface area contributed by atoms with Crippen LogP contribution in [0.5, 0.6) is 5.75 Å². The van der Waals surface area contributed by atoms with E-state index in [-0.39, 0.29) is 18.0 Å². The summed E-state index contributed by atoms with van der Waals surface area (Å²) >= 11 is 0. The molecule has 49 heavy (non-hydrogen) atoms. The first-order valence-electron chi connectivity index (χ1n) is 18.1. The number of amides is 2. The summed E-state index contributed by atoms with van der Waals surface area (Å²) in [7, 11) is -1.30. The second-order valence-electron chi connectivity index (χ2n) is 16.5. The van der Waals surface area contributed by atoms with Crippen LogP contribution < -0.4 is 15.4 Å². The zero-order valence-corrected chi connectivity index (χ0v) is 32.1. The number of nitrogens with zero attached hydrogens (tertiary/aromatic N) is 3. The first-order chi connectivity index (χ1) is 23.1. The molecule has 1 aromatic carbocycles. The highest BCUT2D eigenvalue weighted by Crippen LogP contribution is 2.39. The van der Waals surface area contributed by atoms with E-state index in [0.29, 0.717) is 42.9 Å². The van der Waals surface area contributed by atoms with Gasteiger partial charge in [-0.05, 0) is 102 Å². The topological polar surface area (TPSA) is 117 Å². The average molecular weight is 692 g/mol. The van der Waals surface area contributed by atoms with E-state index in [4.69, 9.17) is 24.2 Å². The Morgan fingerprint density at radius 2 is 1.67 bits per heavy atom. The van der Waals surface area contributed by atoms with Crippen LogP contribution >= 0.6 is 0 Å². The lowest BCUT2D eigenvalue weighted by Crippen LogP contribution is -2.45. The molecule has 0 spiro atoms. The molecule has 0 atom stereocenters. The zero-order valence-electron chi connectivity index (χ0n) is 31.1. The molecule has 2 N–H and O–H groups in total. The molecule has 2 amide bonds. The molecule has 2 heterocycles. The molecular formula is C38H57N5O5Si. The second kappa shape index (κ2) is 15.2. The van der Waals surface area contributed by atoms with Crippen LogP contribution in [0, 0.1) is 12.8 Å². The van der Waals surface area contributed by atoms with Crippen LogP contribution in [0.4, 0.5) is 4.79 Å². The molecule has 10 nitrogen and oxygen atoms in total. The minimum Gasteiger partial charge on any atom is -0.493 e. The number of benzene rings is 1. The summed E-state index contributed by atoms with van der Waals surface area (Å²) in [5, 5.41) is 6.29. The number of hydrogen-bond acceptors (Lipinski definition) is 7. The van der Waals surface area contributed by atoms with Crippen molar-refractivity contribution >= 4 is 31.1 Å². The van der Waals surface area contributed by atoms with E-state index in [2.05, 4.69) is 66.9 Å². The first kappa shape index (κ1) is 36.8. The van der Waals surface area contributed by atoms with Gasteiger partial charge in [-0.3, -0.25) is 4.79 Å². The Bertz CT molecular complexity index is 1630. The Morgan fingerprint density at radius 1 is 1.00 bits per heavy atom. The Morgan fingerprint density at radius 3 is 2.29 bits per heavy atom. The minimum absolute atomic E-state index is 0.0126. The van der Waals surface area contributed by atoms with Crippen molar-refractivity contribution in [1.29, 1.82) is 0 Å².